The SMILES string of the molecule is CCCC/C=C/CCCCCCCCCCCCCCCCC[N+](CCCCC(=O)O)(CCCCC(=O)O)CCCCC(=O)O. The molecule has 0 aliphatic rings. The Morgan fingerprint density at radius 3 is 0.978 bits per heavy atom. The van der Waals surface area contributed by atoms with E-state index in [9.17, 15) is 14.4 Å². The van der Waals surface area contributed by atoms with Gasteiger partial charge < -0.3 is 19.8 Å². The van der Waals surface area contributed by atoms with Crippen LogP contribution in [0.25, 0.3) is 0 Å². The van der Waals surface area contributed by atoms with E-state index in [1.165, 1.54) is 116 Å². The van der Waals surface area contributed by atoms with Gasteiger partial charge in [0.1, 0.15) is 0 Å². The van der Waals surface area contributed by atoms with Gasteiger partial charge in [0.2, 0.25) is 0 Å². The number of carbonyl (C=O) groups is 3. The number of aliphatic carboxylic acids is 3. The maximum absolute atomic E-state index is 11.0. The van der Waals surface area contributed by atoms with Crippen molar-refractivity contribution in [2.45, 2.75) is 187 Å². The molecule has 7 heteroatoms. The van der Waals surface area contributed by atoms with Crippen LogP contribution in [0.4, 0.5) is 0 Å². The maximum Gasteiger partial charge on any atom is 0.303 e. The van der Waals surface area contributed by atoms with Gasteiger partial charge in [-0.3, -0.25) is 14.4 Å². The first-order chi connectivity index (χ1) is 21.8. The summed E-state index contributed by atoms with van der Waals surface area (Å²) >= 11 is 0. The number of quaternary nitrogens is 1. The number of allylic oxidation sites excluding steroid dienone is 2. The second-order valence-corrected chi connectivity index (χ2v) is 13.5. The Morgan fingerprint density at radius 1 is 0.400 bits per heavy atom. The number of carboxylic acids is 3. The van der Waals surface area contributed by atoms with Gasteiger partial charge in [-0.1, -0.05) is 109 Å². The zero-order valence-corrected chi connectivity index (χ0v) is 29.3. The predicted molar refractivity (Wildman–Crippen MR) is 187 cm³/mol. The summed E-state index contributed by atoms with van der Waals surface area (Å²) in [7, 11) is 0. The van der Waals surface area contributed by atoms with Crippen LogP contribution in [0.15, 0.2) is 12.2 Å². The lowest BCUT2D eigenvalue weighted by atomic mass is 10.0. The highest BCUT2D eigenvalue weighted by Gasteiger charge is 2.26. The quantitative estimate of drug-likeness (QED) is 0.0358. The lowest BCUT2D eigenvalue weighted by Crippen LogP contribution is -2.51. The zero-order valence-electron chi connectivity index (χ0n) is 29.3. The summed E-state index contributed by atoms with van der Waals surface area (Å²) in [6.45, 7) is 5.94. The summed E-state index contributed by atoms with van der Waals surface area (Å²) < 4.78 is 0.870. The molecule has 0 bridgehead atoms. The van der Waals surface area contributed by atoms with Crippen LogP contribution in [-0.2, 0) is 14.4 Å². The molecule has 45 heavy (non-hydrogen) atoms. The van der Waals surface area contributed by atoms with Crippen molar-refractivity contribution in [2.75, 3.05) is 26.2 Å². The van der Waals surface area contributed by atoms with Gasteiger partial charge in [-0.05, 0) is 70.6 Å². The number of hydrogen-bond acceptors (Lipinski definition) is 3. The fourth-order valence-corrected chi connectivity index (χ4v) is 6.41. The zero-order chi connectivity index (χ0) is 33.3. The lowest BCUT2D eigenvalue weighted by molar-refractivity contribution is -0.929. The Hall–Kier alpha value is -1.89. The third-order valence-corrected chi connectivity index (χ3v) is 9.21. The van der Waals surface area contributed by atoms with E-state index in [0.717, 1.165) is 56.3 Å². The Labute approximate surface area is 276 Å². The van der Waals surface area contributed by atoms with Crippen molar-refractivity contribution in [1.29, 1.82) is 0 Å². The summed E-state index contributed by atoms with van der Waals surface area (Å²) in [6.07, 6.45) is 34.7. The molecule has 0 aromatic carbocycles. The molecule has 0 aliphatic carbocycles. The number of rotatable bonds is 36. The number of hydrogen-bond donors (Lipinski definition) is 3. The average Bonchev–Trinajstić information content (AvgIpc) is 3.00. The summed E-state index contributed by atoms with van der Waals surface area (Å²) in [4.78, 5) is 33.1. The lowest BCUT2D eigenvalue weighted by Gasteiger charge is -2.39. The molecule has 0 fully saturated rings. The Morgan fingerprint density at radius 2 is 0.667 bits per heavy atom. The van der Waals surface area contributed by atoms with Crippen molar-refractivity contribution >= 4 is 17.9 Å². The molecule has 0 aromatic heterocycles. The molecule has 0 amide bonds. The molecule has 0 unspecified atom stereocenters. The largest absolute Gasteiger partial charge is 0.481 e. The van der Waals surface area contributed by atoms with Crippen molar-refractivity contribution < 1.29 is 34.2 Å². The molecule has 0 heterocycles. The third kappa shape index (κ3) is 31.9. The molecule has 0 saturated heterocycles. The standard InChI is InChI=1S/C38H71NO6/c1-2-3-4-5-6-7-8-9-10-11-12-13-14-15-16-17-18-19-20-21-25-32-39(33-26-22-29-36(40)41,34-27-23-30-37(42)43)35-28-24-31-38(44)45/h5-6H,2-4,7-35H2,1H3,(H2-,40,41,42,43,44,45)/p+1/b6-5+. The molecule has 0 aromatic rings. The van der Waals surface area contributed by atoms with Gasteiger partial charge in [0.15, 0.2) is 0 Å². The molecule has 7 nitrogen and oxygen atoms in total. The first kappa shape index (κ1) is 43.1. The molecule has 0 saturated carbocycles. The van der Waals surface area contributed by atoms with Gasteiger partial charge in [0.05, 0.1) is 26.2 Å². The molecule has 0 spiro atoms. The Bertz CT molecular complexity index is 683. The van der Waals surface area contributed by atoms with E-state index < -0.39 is 17.9 Å². The smallest absolute Gasteiger partial charge is 0.303 e. The molecular weight excluding hydrogens is 566 g/mol. The van der Waals surface area contributed by atoms with Gasteiger partial charge >= 0.3 is 17.9 Å². The molecule has 264 valence electrons. The van der Waals surface area contributed by atoms with Crippen LogP contribution in [0.1, 0.15) is 187 Å². The van der Waals surface area contributed by atoms with Crippen molar-refractivity contribution in [3.63, 3.8) is 0 Å². The highest BCUT2D eigenvalue weighted by atomic mass is 16.4. The third-order valence-electron chi connectivity index (χ3n) is 9.21. The second-order valence-electron chi connectivity index (χ2n) is 13.5. The van der Waals surface area contributed by atoms with E-state index in [4.69, 9.17) is 15.3 Å². The van der Waals surface area contributed by atoms with Crippen LogP contribution in [-0.4, -0.2) is 63.9 Å². The minimum Gasteiger partial charge on any atom is -0.481 e. The normalized spacial score (nSPS) is 11.8. The Kier molecular flexibility index (Phi) is 30.7. The summed E-state index contributed by atoms with van der Waals surface area (Å²) in [6, 6.07) is 0. The second kappa shape index (κ2) is 32.1. The fourth-order valence-electron chi connectivity index (χ4n) is 6.41. The van der Waals surface area contributed by atoms with Crippen LogP contribution in [0.3, 0.4) is 0 Å². The number of unbranched alkanes of at least 4 members (excludes halogenated alkanes) is 20. The maximum atomic E-state index is 11.0. The van der Waals surface area contributed by atoms with Crippen molar-refractivity contribution in [2.24, 2.45) is 0 Å². The first-order valence-electron chi connectivity index (χ1n) is 19.0. The van der Waals surface area contributed by atoms with Gasteiger partial charge in [-0.25, -0.2) is 0 Å². The molecule has 0 rings (SSSR count). The van der Waals surface area contributed by atoms with Gasteiger partial charge in [0, 0.05) is 19.3 Å². The van der Waals surface area contributed by atoms with E-state index in [1.54, 1.807) is 0 Å². The molecular formula is C38H72NO6+. The Balaban J connectivity index is 4.18. The van der Waals surface area contributed by atoms with Gasteiger partial charge in [0.25, 0.3) is 0 Å². The van der Waals surface area contributed by atoms with Crippen LogP contribution >= 0.6 is 0 Å². The van der Waals surface area contributed by atoms with E-state index in [-0.39, 0.29) is 19.3 Å². The number of carboxylic acid groups (broad SMARTS) is 3. The molecule has 0 aliphatic heterocycles. The topological polar surface area (TPSA) is 112 Å². The van der Waals surface area contributed by atoms with E-state index >= 15 is 0 Å². The minimum atomic E-state index is -0.765. The monoisotopic (exact) mass is 639 g/mol. The molecule has 3 N–H and O–H groups in total. The molecule has 0 radical (unpaired) electrons. The van der Waals surface area contributed by atoms with Crippen molar-refractivity contribution in [1.82, 2.24) is 0 Å². The number of nitrogens with zero attached hydrogens (tertiary/aromatic N) is 1. The highest BCUT2D eigenvalue weighted by molar-refractivity contribution is 5.67. The van der Waals surface area contributed by atoms with Crippen LogP contribution < -0.4 is 0 Å². The van der Waals surface area contributed by atoms with Crippen molar-refractivity contribution in [3.05, 3.63) is 12.2 Å². The van der Waals surface area contributed by atoms with E-state index in [0.29, 0.717) is 19.3 Å². The van der Waals surface area contributed by atoms with Gasteiger partial charge in [-0.15, -0.1) is 0 Å². The fraction of sp³-hybridized carbons (Fsp3) is 0.868. The summed E-state index contributed by atoms with van der Waals surface area (Å²) in [5.41, 5.74) is 0. The minimum absolute atomic E-state index is 0.176. The van der Waals surface area contributed by atoms with Crippen molar-refractivity contribution in [3.8, 4) is 0 Å². The highest BCUT2D eigenvalue weighted by Crippen LogP contribution is 2.20. The van der Waals surface area contributed by atoms with Crippen LogP contribution in [0, 0.1) is 0 Å². The van der Waals surface area contributed by atoms with Crippen LogP contribution in [0.2, 0.25) is 0 Å². The average molecular weight is 639 g/mol. The van der Waals surface area contributed by atoms with E-state index in [1.807, 2.05) is 0 Å². The predicted octanol–water partition coefficient (Wildman–Crippen LogP) is 10.6. The van der Waals surface area contributed by atoms with Gasteiger partial charge in [-0.2, -0.15) is 0 Å². The summed E-state index contributed by atoms with van der Waals surface area (Å²) in [5, 5.41) is 27.2. The first-order valence-corrected chi connectivity index (χ1v) is 19.0. The van der Waals surface area contributed by atoms with E-state index in [2.05, 4.69) is 19.1 Å². The molecule has 0 atom stereocenters. The summed E-state index contributed by atoms with van der Waals surface area (Å²) in [5.74, 6) is -2.30. The van der Waals surface area contributed by atoms with Crippen LogP contribution in [0.5, 0.6) is 0 Å².